The molecule has 16 heavy (non-hydrogen) atoms. The molecule has 2 fully saturated rings. The van der Waals surface area contributed by atoms with Crippen LogP contribution in [0.3, 0.4) is 0 Å². The standard InChI is InChI=1S/C10H14F3NO2/c11-10(12,13)9(3-4-9)6-14-5-1-2-7(14)8(15)16/h7H,1-6H2,(H,15,16). The van der Waals surface area contributed by atoms with Gasteiger partial charge in [-0.1, -0.05) is 0 Å². The van der Waals surface area contributed by atoms with Crippen LogP contribution in [-0.2, 0) is 4.79 Å². The number of alkyl halides is 3. The molecule has 1 saturated heterocycles. The molecule has 1 atom stereocenters. The lowest BCUT2D eigenvalue weighted by Crippen LogP contribution is -2.43. The van der Waals surface area contributed by atoms with Gasteiger partial charge >= 0.3 is 12.1 Å². The van der Waals surface area contributed by atoms with Gasteiger partial charge in [0.2, 0.25) is 0 Å². The summed E-state index contributed by atoms with van der Waals surface area (Å²) >= 11 is 0. The molecule has 1 heterocycles. The summed E-state index contributed by atoms with van der Waals surface area (Å²) in [6.07, 6.45) is -2.79. The van der Waals surface area contributed by atoms with Crippen molar-refractivity contribution < 1.29 is 23.1 Å². The minimum absolute atomic E-state index is 0.138. The second-order valence-corrected chi connectivity index (χ2v) is 4.74. The van der Waals surface area contributed by atoms with E-state index < -0.39 is 23.6 Å². The van der Waals surface area contributed by atoms with Crippen LogP contribution in [0.4, 0.5) is 13.2 Å². The molecule has 0 bridgehead atoms. The van der Waals surface area contributed by atoms with E-state index in [1.165, 1.54) is 4.90 Å². The first-order chi connectivity index (χ1) is 7.36. The van der Waals surface area contributed by atoms with Gasteiger partial charge in [0.05, 0.1) is 5.41 Å². The third-order valence-electron chi connectivity index (χ3n) is 3.61. The van der Waals surface area contributed by atoms with Gasteiger partial charge in [0.25, 0.3) is 0 Å². The lowest BCUT2D eigenvalue weighted by molar-refractivity contribution is -0.193. The maximum Gasteiger partial charge on any atom is 0.395 e. The Balaban J connectivity index is 2.02. The van der Waals surface area contributed by atoms with E-state index in [0.717, 1.165) is 0 Å². The van der Waals surface area contributed by atoms with Crippen molar-refractivity contribution in [1.82, 2.24) is 4.90 Å². The van der Waals surface area contributed by atoms with Gasteiger partial charge in [-0.15, -0.1) is 0 Å². The first kappa shape index (κ1) is 11.7. The van der Waals surface area contributed by atoms with Crippen LogP contribution in [-0.4, -0.2) is 41.3 Å². The summed E-state index contributed by atoms with van der Waals surface area (Å²) in [6, 6.07) is -0.722. The van der Waals surface area contributed by atoms with Crippen LogP contribution in [0.15, 0.2) is 0 Å². The van der Waals surface area contributed by atoms with Gasteiger partial charge in [-0.25, -0.2) is 0 Å². The molecule has 0 radical (unpaired) electrons. The molecule has 6 heteroatoms. The van der Waals surface area contributed by atoms with Crippen molar-refractivity contribution >= 4 is 5.97 Å². The van der Waals surface area contributed by atoms with Gasteiger partial charge in [-0.05, 0) is 32.2 Å². The molecule has 92 valence electrons. The van der Waals surface area contributed by atoms with Crippen LogP contribution in [0.1, 0.15) is 25.7 Å². The van der Waals surface area contributed by atoms with Crippen molar-refractivity contribution in [2.45, 2.75) is 37.9 Å². The molecule has 0 spiro atoms. The lowest BCUT2D eigenvalue weighted by Gasteiger charge is -2.28. The summed E-state index contributed by atoms with van der Waals surface area (Å²) in [7, 11) is 0. The van der Waals surface area contributed by atoms with Crippen molar-refractivity contribution in [3.05, 3.63) is 0 Å². The van der Waals surface area contributed by atoms with E-state index in [2.05, 4.69) is 0 Å². The van der Waals surface area contributed by atoms with Crippen LogP contribution in [0, 0.1) is 5.41 Å². The predicted molar refractivity (Wildman–Crippen MR) is 50.0 cm³/mol. The Kier molecular flexibility index (Phi) is 2.64. The fourth-order valence-electron chi connectivity index (χ4n) is 2.37. The molecule has 3 nitrogen and oxygen atoms in total. The predicted octanol–water partition coefficient (Wildman–Crippen LogP) is 1.88. The van der Waals surface area contributed by atoms with Gasteiger partial charge in [0, 0.05) is 6.54 Å². The Hall–Kier alpha value is -0.780. The zero-order chi connectivity index (χ0) is 12.0. The second kappa shape index (κ2) is 3.61. The average Bonchev–Trinajstić information content (AvgIpc) is 2.76. The summed E-state index contributed by atoms with van der Waals surface area (Å²) in [5, 5.41) is 8.88. The van der Waals surface area contributed by atoms with Crippen molar-refractivity contribution in [3.8, 4) is 0 Å². The quantitative estimate of drug-likeness (QED) is 0.814. The summed E-state index contributed by atoms with van der Waals surface area (Å²) in [5.74, 6) is -1.00. The van der Waals surface area contributed by atoms with Crippen LogP contribution in [0.2, 0.25) is 0 Å². The van der Waals surface area contributed by atoms with E-state index in [1.54, 1.807) is 0 Å². The molecule has 1 saturated carbocycles. The largest absolute Gasteiger partial charge is 0.480 e. The minimum atomic E-state index is -4.20. The molecule has 1 aliphatic carbocycles. The monoisotopic (exact) mass is 237 g/mol. The smallest absolute Gasteiger partial charge is 0.395 e. The normalized spacial score (nSPS) is 29.3. The fraction of sp³-hybridized carbons (Fsp3) is 0.900. The highest BCUT2D eigenvalue weighted by Gasteiger charge is 2.64. The van der Waals surface area contributed by atoms with Gasteiger partial charge < -0.3 is 5.11 Å². The Bertz CT molecular complexity index is 299. The summed E-state index contributed by atoms with van der Waals surface area (Å²) in [5.41, 5.74) is -1.62. The third kappa shape index (κ3) is 1.90. The van der Waals surface area contributed by atoms with Crippen LogP contribution >= 0.6 is 0 Å². The van der Waals surface area contributed by atoms with Crippen LogP contribution in [0.25, 0.3) is 0 Å². The molecule has 0 aromatic carbocycles. The molecular weight excluding hydrogens is 223 g/mol. The topological polar surface area (TPSA) is 40.5 Å². The Morgan fingerprint density at radius 3 is 2.50 bits per heavy atom. The number of nitrogens with zero attached hydrogens (tertiary/aromatic N) is 1. The number of likely N-dealkylation sites (tertiary alicyclic amines) is 1. The average molecular weight is 237 g/mol. The Morgan fingerprint density at radius 2 is 2.06 bits per heavy atom. The van der Waals surface area contributed by atoms with Crippen LogP contribution < -0.4 is 0 Å². The van der Waals surface area contributed by atoms with E-state index in [9.17, 15) is 18.0 Å². The lowest BCUT2D eigenvalue weighted by atomic mass is 10.1. The number of halogens is 3. The van der Waals surface area contributed by atoms with Crippen molar-refractivity contribution in [2.75, 3.05) is 13.1 Å². The molecule has 1 unspecified atom stereocenters. The number of carbonyl (C=O) groups is 1. The zero-order valence-electron chi connectivity index (χ0n) is 8.76. The number of aliphatic carboxylic acids is 1. The maximum absolute atomic E-state index is 12.7. The molecule has 0 aromatic rings. The SMILES string of the molecule is O=C(O)C1CCCN1CC1(C(F)(F)F)CC1. The minimum Gasteiger partial charge on any atom is -0.480 e. The third-order valence-corrected chi connectivity index (χ3v) is 3.61. The van der Waals surface area contributed by atoms with E-state index in [-0.39, 0.29) is 19.4 Å². The highest BCUT2D eigenvalue weighted by molar-refractivity contribution is 5.73. The number of carboxylic acid groups (broad SMARTS) is 1. The first-order valence-electron chi connectivity index (χ1n) is 5.39. The van der Waals surface area contributed by atoms with Crippen molar-refractivity contribution in [2.24, 2.45) is 5.41 Å². The highest BCUT2D eigenvalue weighted by atomic mass is 19.4. The molecule has 2 aliphatic rings. The Morgan fingerprint density at radius 1 is 1.44 bits per heavy atom. The highest BCUT2D eigenvalue weighted by Crippen LogP contribution is 2.58. The van der Waals surface area contributed by atoms with Crippen LogP contribution in [0.5, 0.6) is 0 Å². The van der Waals surface area contributed by atoms with Crippen molar-refractivity contribution in [1.29, 1.82) is 0 Å². The van der Waals surface area contributed by atoms with Gasteiger partial charge in [-0.3, -0.25) is 9.69 Å². The molecule has 1 aliphatic heterocycles. The van der Waals surface area contributed by atoms with Gasteiger partial charge in [-0.2, -0.15) is 13.2 Å². The van der Waals surface area contributed by atoms with Gasteiger partial charge in [0.15, 0.2) is 0 Å². The van der Waals surface area contributed by atoms with E-state index in [0.29, 0.717) is 19.4 Å². The number of rotatable bonds is 3. The molecule has 2 rings (SSSR count). The van der Waals surface area contributed by atoms with E-state index >= 15 is 0 Å². The molecule has 0 aromatic heterocycles. The molecule has 1 N–H and O–H groups in total. The number of hydrogen-bond donors (Lipinski definition) is 1. The maximum atomic E-state index is 12.7. The molecule has 0 amide bonds. The Labute approximate surface area is 91.2 Å². The summed E-state index contributed by atoms with van der Waals surface area (Å²) in [6.45, 7) is 0.322. The van der Waals surface area contributed by atoms with Crippen molar-refractivity contribution in [3.63, 3.8) is 0 Å². The van der Waals surface area contributed by atoms with Gasteiger partial charge in [0.1, 0.15) is 6.04 Å². The number of carboxylic acids is 1. The van der Waals surface area contributed by atoms with E-state index in [1.807, 2.05) is 0 Å². The first-order valence-corrected chi connectivity index (χ1v) is 5.39. The summed E-state index contributed by atoms with van der Waals surface area (Å²) < 4.78 is 38.1. The number of hydrogen-bond acceptors (Lipinski definition) is 2. The van der Waals surface area contributed by atoms with E-state index in [4.69, 9.17) is 5.11 Å². The zero-order valence-corrected chi connectivity index (χ0v) is 8.76. The summed E-state index contributed by atoms with van der Waals surface area (Å²) in [4.78, 5) is 12.3. The second-order valence-electron chi connectivity index (χ2n) is 4.74. The fourth-order valence-corrected chi connectivity index (χ4v) is 2.37. The molecular formula is C10H14F3NO2.